The van der Waals surface area contributed by atoms with E-state index in [9.17, 15) is 4.79 Å². The van der Waals surface area contributed by atoms with E-state index in [1.54, 1.807) is 11.8 Å². The largest absolute Gasteiger partial charge is 0.480 e. The number of carbonyl (C=O) groups is 1. The van der Waals surface area contributed by atoms with Crippen molar-refractivity contribution in [1.29, 1.82) is 0 Å². The van der Waals surface area contributed by atoms with Crippen LogP contribution in [-0.2, 0) is 4.79 Å². The second kappa shape index (κ2) is 6.30. The first kappa shape index (κ1) is 12.8. The fraction of sp³-hybridized carbons (Fsp3) is 0.900. The Hall–Kier alpha value is -0.180. The monoisotopic (exact) mass is 204 g/mol. The molecule has 1 atom stereocenters. The fourth-order valence-electron chi connectivity index (χ4n) is 1.38. The molecule has 0 rings (SSSR count). The normalized spacial score (nSPS) is 13.7. The van der Waals surface area contributed by atoms with Gasteiger partial charge < -0.3 is 5.11 Å². The molecular weight excluding hydrogens is 184 g/mol. The van der Waals surface area contributed by atoms with Gasteiger partial charge in [0.1, 0.15) is 5.25 Å². The SMILES string of the molecule is CCC(CC)C(SC(C)C)C(=O)O. The van der Waals surface area contributed by atoms with Gasteiger partial charge >= 0.3 is 5.97 Å². The van der Waals surface area contributed by atoms with Crippen LogP contribution in [0.25, 0.3) is 0 Å². The van der Waals surface area contributed by atoms with Crippen LogP contribution < -0.4 is 0 Å². The van der Waals surface area contributed by atoms with Crippen molar-refractivity contribution in [3.05, 3.63) is 0 Å². The lowest BCUT2D eigenvalue weighted by Crippen LogP contribution is -2.27. The van der Waals surface area contributed by atoms with Crippen molar-refractivity contribution >= 4 is 17.7 Å². The van der Waals surface area contributed by atoms with Crippen molar-refractivity contribution in [2.45, 2.75) is 51.0 Å². The first-order valence-corrected chi connectivity index (χ1v) is 5.85. The number of aliphatic carboxylic acids is 1. The zero-order chi connectivity index (χ0) is 10.4. The van der Waals surface area contributed by atoms with E-state index >= 15 is 0 Å². The maximum atomic E-state index is 11.0. The lowest BCUT2D eigenvalue weighted by Gasteiger charge is -2.22. The van der Waals surface area contributed by atoms with E-state index in [0.29, 0.717) is 11.2 Å². The highest BCUT2D eigenvalue weighted by molar-refractivity contribution is 8.01. The van der Waals surface area contributed by atoms with Crippen LogP contribution in [0.4, 0.5) is 0 Å². The third-order valence-corrected chi connectivity index (χ3v) is 3.56. The summed E-state index contributed by atoms with van der Waals surface area (Å²) in [5.41, 5.74) is 0. The molecule has 0 aliphatic heterocycles. The molecule has 0 aromatic carbocycles. The van der Waals surface area contributed by atoms with Crippen molar-refractivity contribution in [3.8, 4) is 0 Å². The molecule has 0 aliphatic carbocycles. The van der Waals surface area contributed by atoms with Crippen LogP contribution in [0, 0.1) is 5.92 Å². The molecule has 3 heteroatoms. The molecule has 2 nitrogen and oxygen atoms in total. The van der Waals surface area contributed by atoms with Gasteiger partial charge in [-0.05, 0) is 11.2 Å². The minimum Gasteiger partial charge on any atom is -0.480 e. The van der Waals surface area contributed by atoms with Gasteiger partial charge in [0.15, 0.2) is 0 Å². The van der Waals surface area contributed by atoms with Gasteiger partial charge in [-0.25, -0.2) is 0 Å². The first-order valence-electron chi connectivity index (χ1n) is 4.91. The average Bonchev–Trinajstić information content (AvgIpc) is 2.04. The van der Waals surface area contributed by atoms with Crippen LogP contribution >= 0.6 is 11.8 Å². The lowest BCUT2D eigenvalue weighted by molar-refractivity contribution is -0.137. The molecule has 0 saturated carbocycles. The van der Waals surface area contributed by atoms with Crippen molar-refractivity contribution < 1.29 is 9.90 Å². The van der Waals surface area contributed by atoms with E-state index in [-0.39, 0.29) is 5.25 Å². The number of thioether (sulfide) groups is 1. The van der Waals surface area contributed by atoms with Gasteiger partial charge in [0.25, 0.3) is 0 Å². The summed E-state index contributed by atoms with van der Waals surface area (Å²) in [6, 6.07) is 0. The maximum Gasteiger partial charge on any atom is 0.316 e. The average molecular weight is 204 g/mol. The van der Waals surface area contributed by atoms with Crippen molar-refractivity contribution in [3.63, 3.8) is 0 Å². The number of hydrogen-bond acceptors (Lipinski definition) is 2. The van der Waals surface area contributed by atoms with Gasteiger partial charge in [0.05, 0.1) is 0 Å². The van der Waals surface area contributed by atoms with E-state index in [2.05, 4.69) is 13.8 Å². The molecule has 0 radical (unpaired) electrons. The molecule has 0 amide bonds. The van der Waals surface area contributed by atoms with Gasteiger partial charge in [-0.1, -0.05) is 40.5 Å². The van der Waals surface area contributed by atoms with E-state index in [1.807, 2.05) is 13.8 Å². The summed E-state index contributed by atoms with van der Waals surface area (Å²) in [5.74, 6) is -0.350. The number of rotatable bonds is 6. The van der Waals surface area contributed by atoms with Crippen molar-refractivity contribution in [2.75, 3.05) is 0 Å². The Kier molecular flexibility index (Phi) is 6.21. The number of hydrogen-bond donors (Lipinski definition) is 1. The summed E-state index contributed by atoms with van der Waals surface area (Å²) >= 11 is 1.57. The van der Waals surface area contributed by atoms with E-state index in [4.69, 9.17) is 5.11 Å². The molecule has 0 aliphatic rings. The molecule has 1 N–H and O–H groups in total. The van der Waals surface area contributed by atoms with Crippen LogP contribution in [0.5, 0.6) is 0 Å². The van der Waals surface area contributed by atoms with Gasteiger partial charge in [0.2, 0.25) is 0 Å². The molecule has 1 unspecified atom stereocenters. The fourth-order valence-corrected chi connectivity index (χ4v) is 2.69. The summed E-state index contributed by atoms with van der Waals surface area (Å²) in [6.45, 7) is 8.21. The van der Waals surface area contributed by atoms with Crippen LogP contribution in [0.2, 0.25) is 0 Å². The van der Waals surface area contributed by atoms with E-state index in [1.165, 1.54) is 0 Å². The second-order valence-electron chi connectivity index (χ2n) is 3.52. The van der Waals surface area contributed by atoms with Gasteiger partial charge in [-0.3, -0.25) is 4.79 Å². The highest BCUT2D eigenvalue weighted by Gasteiger charge is 2.26. The third-order valence-electron chi connectivity index (χ3n) is 2.14. The smallest absolute Gasteiger partial charge is 0.316 e. The summed E-state index contributed by atoms with van der Waals surface area (Å²) < 4.78 is 0. The quantitative estimate of drug-likeness (QED) is 0.722. The zero-order valence-corrected chi connectivity index (χ0v) is 9.73. The third kappa shape index (κ3) is 4.55. The predicted molar refractivity (Wildman–Crippen MR) is 58.2 cm³/mol. The van der Waals surface area contributed by atoms with E-state index in [0.717, 1.165) is 12.8 Å². The molecule has 0 heterocycles. The molecule has 0 aromatic heterocycles. The van der Waals surface area contributed by atoms with Crippen LogP contribution in [0.3, 0.4) is 0 Å². The van der Waals surface area contributed by atoms with Crippen LogP contribution in [0.15, 0.2) is 0 Å². The zero-order valence-electron chi connectivity index (χ0n) is 8.91. The minimum absolute atomic E-state index is 0.227. The van der Waals surface area contributed by atoms with Gasteiger partial charge in [0, 0.05) is 0 Å². The van der Waals surface area contributed by atoms with Crippen LogP contribution in [0.1, 0.15) is 40.5 Å². The highest BCUT2D eigenvalue weighted by atomic mass is 32.2. The molecule has 0 spiro atoms. The second-order valence-corrected chi connectivity index (χ2v) is 5.24. The topological polar surface area (TPSA) is 37.3 Å². The lowest BCUT2D eigenvalue weighted by atomic mass is 9.99. The van der Waals surface area contributed by atoms with Crippen LogP contribution in [-0.4, -0.2) is 21.6 Å². The van der Waals surface area contributed by atoms with Crippen molar-refractivity contribution in [1.82, 2.24) is 0 Å². The summed E-state index contributed by atoms with van der Waals surface area (Å²) in [4.78, 5) is 11.0. The summed E-state index contributed by atoms with van der Waals surface area (Å²) in [5, 5.41) is 9.20. The maximum absolute atomic E-state index is 11.0. The Balaban J connectivity index is 4.30. The standard InChI is InChI=1S/C10H20O2S/c1-5-8(6-2)9(10(11)12)13-7(3)4/h7-9H,5-6H2,1-4H3,(H,11,12). The number of carboxylic acids is 1. The Morgan fingerprint density at radius 2 is 1.77 bits per heavy atom. The van der Waals surface area contributed by atoms with Gasteiger partial charge in [-0.15, -0.1) is 11.8 Å². The molecule has 0 bridgehead atoms. The Labute approximate surface area is 85.1 Å². The van der Waals surface area contributed by atoms with E-state index < -0.39 is 5.97 Å². The minimum atomic E-state index is -0.660. The molecule has 13 heavy (non-hydrogen) atoms. The molecule has 78 valence electrons. The first-order chi connectivity index (χ1) is 6.02. The van der Waals surface area contributed by atoms with Gasteiger partial charge in [-0.2, -0.15) is 0 Å². The number of carboxylic acid groups (broad SMARTS) is 1. The molecule has 0 saturated heterocycles. The summed E-state index contributed by atoms with van der Waals surface area (Å²) in [6.07, 6.45) is 1.90. The van der Waals surface area contributed by atoms with Crippen molar-refractivity contribution in [2.24, 2.45) is 5.92 Å². The predicted octanol–water partition coefficient (Wildman–Crippen LogP) is 3.02. The summed E-state index contributed by atoms with van der Waals surface area (Å²) in [7, 11) is 0. The Bertz CT molecular complexity index is 153. The molecule has 0 fully saturated rings. The highest BCUT2D eigenvalue weighted by Crippen LogP contribution is 2.28. The molecular formula is C10H20O2S. The molecule has 0 aromatic rings. The Morgan fingerprint density at radius 3 is 2.00 bits per heavy atom. The Morgan fingerprint density at radius 1 is 1.31 bits per heavy atom.